The largest absolute Gasteiger partial charge is 1.00 e. The second kappa shape index (κ2) is 10.6. The van der Waals surface area contributed by atoms with Crippen molar-refractivity contribution in [2.75, 3.05) is 7.11 Å². The molecule has 3 rings (SSSR count). The molecule has 3 aromatic rings. The number of nitrogens with one attached hydrogen (secondary N) is 1. The summed E-state index contributed by atoms with van der Waals surface area (Å²) in [6.07, 6.45) is 9.64. The summed E-state index contributed by atoms with van der Waals surface area (Å²) >= 11 is 0. The molecule has 0 saturated heterocycles. The molecule has 1 aromatic heterocycles. The summed E-state index contributed by atoms with van der Waals surface area (Å²) in [5.74, 6) is 0.457. The number of aromatic nitrogens is 1. The molecule has 0 aliphatic rings. The first-order chi connectivity index (χ1) is 14.0. The Balaban J connectivity index is 0.00000320. The van der Waals surface area contributed by atoms with Crippen molar-refractivity contribution >= 4 is 10.9 Å². The van der Waals surface area contributed by atoms with Crippen molar-refractivity contribution < 1.29 is 33.8 Å². The van der Waals surface area contributed by atoms with Crippen LogP contribution in [0.15, 0.2) is 72.5 Å². The van der Waals surface area contributed by atoms with Gasteiger partial charge in [-0.1, -0.05) is 24.3 Å². The molecule has 0 bridgehead atoms. The summed E-state index contributed by atoms with van der Waals surface area (Å²) in [6, 6.07) is 12.0. The second-order valence-corrected chi connectivity index (χ2v) is 6.48. The van der Waals surface area contributed by atoms with Crippen molar-refractivity contribution in [2.45, 2.75) is 13.0 Å². The van der Waals surface area contributed by atoms with Crippen molar-refractivity contribution in [2.24, 2.45) is 0 Å². The van der Waals surface area contributed by atoms with E-state index in [-0.39, 0.29) is 30.4 Å². The summed E-state index contributed by atoms with van der Waals surface area (Å²) < 4.78 is 5.24. The standard InChI is InChI=1S/C24H22N2O3.Li/c1-4-6-16(2)12-14-26-22(18-9-11-20(27)21(15-18)29-3)19-10-8-17-7-5-13-25-23(17)24(19)28;/h1,4-13,15,22,26-28H,2-3H3;/q-2;+1/b16-6-;. The smallest absolute Gasteiger partial charge is 0.505 e. The Morgan fingerprint density at radius 2 is 2.03 bits per heavy atom. The first-order valence-electron chi connectivity index (χ1n) is 9.04. The van der Waals surface area contributed by atoms with E-state index in [0.29, 0.717) is 16.8 Å². The van der Waals surface area contributed by atoms with Crippen LogP contribution in [0.3, 0.4) is 0 Å². The fourth-order valence-electron chi connectivity index (χ4n) is 3.03. The molecule has 2 aromatic carbocycles. The van der Waals surface area contributed by atoms with E-state index < -0.39 is 6.04 Å². The number of ether oxygens (including phenoxy) is 1. The van der Waals surface area contributed by atoms with Crippen LogP contribution in [-0.4, -0.2) is 22.3 Å². The van der Waals surface area contributed by atoms with Crippen LogP contribution in [0.1, 0.15) is 24.1 Å². The van der Waals surface area contributed by atoms with Gasteiger partial charge in [-0.15, -0.1) is 6.92 Å². The number of aromatic hydroxyl groups is 2. The summed E-state index contributed by atoms with van der Waals surface area (Å²) in [5.41, 5.74) is 2.82. The minimum atomic E-state index is -0.457. The normalized spacial score (nSPS) is 12.4. The van der Waals surface area contributed by atoms with Crippen molar-refractivity contribution in [3.05, 3.63) is 96.4 Å². The van der Waals surface area contributed by atoms with E-state index >= 15 is 0 Å². The zero-order valence-corrected chi connectivity index (χ0v) is 17.3. The van der Waals surface area contributed by atoms with E-state index in [2.05, 4.69) is 16.5 Å². The summed E-state index contributed by atoms with van der Waals surface area (Å²) in [4.78, 5) is 4.30. The topological polar surface area (TPSA) is 74.6 Å². The Morgan fingerprint density at radius 3 is 2.77 bits per heavy atom. The predicted octanol–water partition coefficient (Wildman–Crippen LogP) is 1.59. The van der Waals surface area contributed by atoms with E-state index in [1.54, 1.807) is 36.5 Å². The Labute approximate surface area is 188 Å². The van der Waals surface area contributed by atoms with Crippen LogP contribution in [0, 0.1) is 12.8 Å². The van der Waals surface area contributed by atoms with Gasteiger partial charge in [0.2, 0.25) is 0 Å². The minimum Gasteiger partial charge on any atom is -0.505 e. The number of fused-ring (bicyclic) bond motifs is 1. The summed E-state index contributed by atoms with van der Waals surface area (Å²) in [7, 11) is 1.49. The number of phenols is 2. The molecule has 3 N–H and O–H groups in total. The molecule has 0 aliphatic carbocycles. The van der Waals surface area contributed by atoms with Gasteiger partial charge in [0, 0.05) is 17.1 Å². The molecular weight excluding hydrogens is 371 g/mol. The quantitative estimate of drug-likeness (QED) is 0.246. The Bertz CT molecular complexity index is 1090. The van der Waals surface area contributed by atoms with Gasteiger partial charge in [0.25, 0.3) is 0 Å². The molecule has 1 heterocycles. The number of phenolic OH excluding ortho intramolecular Hbond substituents is 2. The van der Waals surface area contributed by atoms with Crippen LogP contribution in [0.2, 0.25) is 0 Å². The average Bonchev–Trinajstić information content (AvgIpc) is 2.73. The maximum absolute atomic E-state index is 10.9. The first kappa shape index (κ1) is 23.1. The minimum absolute atomic E-state index is 0. The van der Waals surface area contributed by atoms with E-state index in [1.807, 2.05) is 31.2 Å². The van der Waals surface area contributed by atoms with Gasteiger partial charge in [0.15, 0.2) is 11.5 Å². The molecule has 6 heteroatoms. The van der Waals surface area contributed by atoms with E-state index in [4.69, 9.17) is 11.3 Å². The maximum Gasteiger partial charge on any atom is 1.00 e. The van der Waals surface area contributed by atoms with Crippen molar-refractivity contribution in [1.29, 1.82) is 0 Å². The van der Waals surface area contributed by atoms with Gasteiger partial charge in [-0.05, 0) is 23.8 Å². The van der Waals surface area contributed by atoms with Gasteiger partial charge in [-0.25, -0.2) is 6.08 Å². The number of hydrogen-bond acceptors (Lipinski definition) is 5. The average molecular weight is 393 g/mol. The molecule has 0 saturated carbocycles. The zero-order chi connectivity index (χ0) is 20.8. The predicted molar refractivity (Wildman–Crippen MR) is 113 cm³/mol. The van der Waals surface area contributed by atoms with E-state index in [0.717, 1.165) is 16.5 Å². The van der Waals surface area contributed by atoms with Crippen molar-refractivity contribution in [1.82, 2.24) is 10.3 Å². The molecular formula is C24H22LiN2O3-. The molecule has 0 spiro atoms. The van der Waals surface area contributed by atoms with Crippen molar-refractivity contribution in [3.8, 4) is 17.2 Å². The number of methoxy groups -OCH3 is 1. The monoisotopic (exact) mass is 393 g/mol. The van der Waals surface area contributed by atoms with Crippen molar-refractivity contribution in [3.63, 3.8) is 0 Å². The molecule has 0 fully saturated rings. The van der Waals surface area contributed by atoms with E-state index in [1.165, 1.54) is 13.2 Å². The summed E-state index contributed by atoms with van der Waals surface area (Å²) in [5, 5.41) is 24.9. The van der Waals surface area contributed by atoms with Crippen LogP contribution in [-0.2, 0) is 0 Å². The molecule has 0 amide bonds. The molecule has 1 atom stereocenters. The third kappa shape index (κ3) is 5.07. The van der Waals surface area contributed by atoms with E-state index in [9.17, 15) is 10.2 Å². The molecule has 0 radical (unpaired) electrons. The van der Waals surface area contributed by atoms with Gasteiger partial charge < -0.3 is 20.3 Å². The van der Waals surface area contributed by atoms with Gasteiger partial charge >= 0.3 is 18.9 Å². The van der Waals surface area contributed by atoms with Crippen LogP contribution in [0.4, 0.5) is 0 Å². The van der Waals surface area contributed by atoms with Gasteiger partial charge in [0.05, 0.1) is 13.2 Å². The van der Waals surface area contributed by atoms with Gasteiger partial charge in [0.1, 0.15) is 11.3 Å². The fourth-order valence-corrected chi connectivity index (χ4v) is 3.03. The molecule has 5 nitrogen and oxygen atoms in total. The van der Waals surface area contributed by atoms with Crippen LogP contribution in [0.5, 0.6) is 17.2 Å². The summed E-state index contributed by atoms with van der Waals surface area (Å²) in [6.45, 7) is 7.31. The Kier molecular flexibility index (Phi) is 8.17. The third-order valence-electron chi connectivity index (χ3n) is 4.51. The van der Waals surface area contributed by atoms with Gasteiger partial charge in [-0.3, -0.25) is 29.3 Å². The maximum atomic E-state index is 10.9. The Morgan fingerprint density at radius 1 is 1.23 bits per heavy atom. The molecule has 148 valence electrons. The van der Waals surface area contributed by atoms with Crippen LogP contribution >= 0.6 is 0 Å². The third-order valence-corrected chi connectivity index (χ3v) is 4.51. The Hall–Kier alpha value is -3.13. The van der Waals surface area contributed by atoms with Crippen LogP contribution < -0.4 is 28.9 Å². The van der Waals surface area contributed by atoms with Gasteiger partial charge in [-0.2, -0.15) is 6.20 Å². The number of pyridine rings is 1. The molecule has 1 unspecified atom stereocenters. The SMILES string of the molecule is [CH-]=C/C=C(/C)C=[C-]NC(c1ccc(O)c(OC)c1)c1ccc2cccnc2c1O.[Li+]. The number of nitrogens with zero attached hydrogens (tertiary/aromatic N) is 1. The number of benzene rings is 2. The molecule has 30 heavy (non-hydrogen) atoms. The van der Waals surface area contributed by atoms with Crippen LogP contribution in [0.25, 0.3) is 10.9 Å². The first-order valence-corrected chi connectivity index (χ1v) is 9.04. The second-order valence-electron chi connectivity index (χ2n) is 6.48. The molecule has 0 aliphatic heterocycles. The number of hydrogen-bond donors (Lipinski definition) is 3. The number of allylic oxidation sites excluding steroid dienone is 4. The zero-order valence-electron chi connectivity index (χ0n) is 17.3. The number of rotatable bonds is 7. The fraction of sp³-hybridized carbons (Fsp3) is 0.125.